The van der Waals surface area contributed by atoms with Gasteiger partial charge in [-0.15, -0.1) is 0 Å². The van der Waals surface area contributed by atoms with E-state index in [1.807, 2.05) is 31.2 Å². The second kappa shape index (κ2) is 10.9. The minimum absolute atomic E-state index is 0.0785. The van der Waals surface area contributed by atoms with Crippen LogP contribution in [0.2, 0.25) is 0 Å². The van der Waals surface area contributed by atoms with E-state index in [0.717, 1.165) is 0 Å². The van der Waals surface area contributed by atoms with Gasteiger partial charge in [-0.1, -0.05) is 58.0 Å². The van der Waals surface area contributed by atoms with E-state index in [1.54, 1.807) is 44.2 Å². The lowest BCUT2D eigenvalue weighted by atomic mass is 9.76. The number of carbonyl (C=O) groups is 3. The summed E-state index contributed by atoms with van der Waals surface area (Å²) >= 11 is 0. The van der Waals surface area contributed by atoms with E-state index in [2.05, 4.69) is 10.6 Å². The Morgan fingerprint density at radius 2 is 1.83 bits per heavy atom. The smallest absolute Gasteiger partial charge is 0.379 e. The number of nitriles is 1. The Balaban J connectivity index is 1.62. The molecule has 1 aromatic rings. The fourth-order valence-electron chi connectivity index (χ4n) is 6.49. The van der Waals surface area contributed by atoms with E-state index in [9.17, 15) is 37.6 Å². The molecule has 0 spiro atoms. The highest BCUT2D eigenvalue weighted by Gasteiger charge is 2.70. The minimum Gasteiger partial charge on any atom is -0.379 e. The third-order valence-electron chi connectivity index (χ3n) is 9.10. The second-order valence-electron chi connectivity index (χ2n) is 12.2. The number of benzene rings is 1. The van der Waals surface area contributed by atoms with E-state index in [0.29, 0.717) is 24.2 Å². The number of allylic oxidation sites excluding steroid dienone is 1. The number of alkyl halides is 3. The summed E-state index contributed by atoms with van der Waals surface area (Å²) in [7, 11) is 0. The Morgan fingerprint density at radius 1 is 1.17 bits per heavy atom. The van der Waals surface area contributed by atoms with Crippen LogP contribution < -0.4 is 16.0 Å². The van der Waals surface area contributed by atoms with Gasteiger partial charge >= 0.3 is 12.1 Å². The predicted molar refractivity (Wildman–Crippen MR) is 141 cm³/mol. The van der Waals surface area contributed by atoms with Gasteiger partial charge in [-0.05, 0) is 35.7 Å². The number of piperidine rings is 1. The van der Waals surface area contributed by atoms with Crippen molar-refractivity contribution in [2.24, 2.45) is 23.2 Å². The molecule has 3 fully saturated rings. The number of halogens is 3. The number of rotatable bonds is 8. The lowest BCUT2D eigenvalue weighted by Gasteiger charge is -2.39. The zero-order valence-corrected chi connectivity index (χ0v) is 23.3. The Labute approximate surface area is 236 Å². The first-order valence-corrected chi connectivity index (χ1v) is 13.6. The molecule has 4 rings (SSSR count). The molecule has 2 saturated heterocycles. The topological polar surface area (TPSA) is 131 Å². The monoisotopic (exact) mass is 573 g/mol. The largest absolute Gasteiger partial charge is 0.471 e. The van der Waals surface area contributed by atoms with E-state index >= 15 is 0 Å². The number of hydrogen-bond acceptors (Lipinski definition) is 6. The van der Waals surface area contributed by atoms with Gasteiger partial charge in [-0.3, -0.25) is 14.4 Å². The lowest BCUT2D eigenvalue weighted by Crippen LogP contribution is -2.62. The molecule has 0 bridgehead atoms. The van der Waals surface area contributed by atoms with Gasteiger partial charge in [-0.2, -0.15) is 18.4 Å². The van der Waals surface area contributed by atoms with Gasteiger partial charge in [0.2, 0.25) is 11.8 Å². The van der Waals surface area contributed by atoms with Gasteiger partial charge in [0.25, 0.3) is 0 Å². The van der Waals surface area contributed by atoms with E-state index in [4.69, 9.17) is 0 Å². The fourth-order valence-corrected chi connectivity index (χ4v) is 6.49. The summed E-state index contributed by atoms with van der Waals surface area (Å²) in [6.07, 6.45) is -4.45. The van der Waals surface area contributed by atoms with Crippen molar-refractivity contribution >= 4 is 23.7 Å². The number of nitrogens with zero attached hydrogens (tertiary/aromatic N) is 2. The summed E-state index contributed by atoms with van der Waals surface area (Å²) in [5.74, 6) is -2.45. The zero-order chi connectivity index (χ0) is 30.3. The fraction of sp³-hybridized carbons (Fsp3) is 0.586. The van der Waals surface area contributed by atoms with E-state index in [1.165, 1.54) is 4.90 Å². The van der Waals surface area contributed by atoms with E-state index in [-0.39, 0.29) is 36.1 Å². The number of amides is 3. The highest BCUT2D eigenvalue weighted by Crippen LogP contribution is 2.65. The molecule has 12 heteroatoms. The molecule has 9 nitrogen and oxygen atoms in total. The lowest BCUT2D eigenvalue weighted by molar-refractivity contribution is -0.176. The molecule has 3 amide bonds. The van der Waals surface area contributed by atoms with Crippen LogP contribution in [-0.2, 0) is 24.6 Å². The van der Waals surface area contributed by atoms with Crippen molar-refractivity contribution < 1.29 is 32.3 Å². The predicted octanol–water partition coefficient (Wildman–Crippen LogP) is 2.22. The van der Waals surface area contributed by atoms with Crippen LogP contribution in [0.4, 0.5) is 13.2 Å². The molecule has 3 aliphatic rings. The first-order chi connectivity index (χ1) is 19.1. The standard InChI is InChI=1S/C29H34F3N5O4/c1-27(2,17-8-6-5-7-9-17)23(36-26(41)29(30,31)32)25(40)37-14-19-21(28(19,3)4)22(37)24(39)35-18(13-33)12-16-10-11-34-20(16)15-38/h5-9,16,18-19,21-23,34H,10-12,14H2,1-4H3,(H,35,39)(H,36,41)/t16-,18-,19-,21-,22-,23+/m0/s1. The number of carbonyl (C=O) groups excluding carboxylic acids is 4. The average Bonchev–Trinajstić information content (AvgIpc) is 3.31. The summed E-state index contributed by atoms with van der Waals surface area (Å²) in [5.41, 5.74) is -0.707. The molecule has 3 N–H and O–H groups in total. The zero-order valence-electron chi connectivity index (χ0n) is 23.3. The molecule has 41 heavy (non-hydrogen) atoms. The normalized spacial score (nSPS) is 26.1. The maximum atomic E-state index is 14.1. The molecule has 220 valence electrons. The van der Waals surface area contributed by atoms with Crippen molar-refractivity contribution in [2.45, 2.75) is 70.3 Å². The molecule has 0 radical (unpaired) electrons. The second-order valence-corrected chi connectivity index (χ2v) is 12.2. The summed E-state index contributed by atoms with van der Waals surface area (Å²) in [6.45, 7) is 7.71. The van der Waals surface area contributed by atoms with Gasteiger partial charge < -0.3 is 20.9 Å². The molecule has 2 heterocycles. The third kappa shape index (κ3) is 5.68. The Hall–Kier alpha value is -3.84. The number of fused-ring (bicyclic) bond motifs is 1. The van der Waals surface area contributed by atoms with Crippen molar-refractivity contribution in [3.63, 3.8) is 0 Å². The summed E-state index contributed by atoms with van der Waals surface area (Å²) in [5, 5.41) is 17.3. The average molecular weight is 574 g/mol. The Bertz CT molecular complexity index is 1300. The third-order valence-corrected chi connectivity index (χ3v) is 9.10. The van der Waals surface area contributed by atoms with Crippen LogP contribution in [0.1, 0.15) is 46.1 Å². The molecule has 0 aromatic heterocycles. The maximum absolute atomic E-state index is 14.1. The molecule has 2 aliphatic heterocycles. The van der Waals surface area contributed by atoms with Gasteiger partial charge in [0, 0.05) is 24.4 Å². The van der Waals surface area contributed by atoms with Crippen molar-refractivity contribution in [3.05, 3.63) is 41.6 Å². The molecule has 6 atom stereocenters. The Morgan fingerprint density at radius 3 is 2.41 bits per heavy atom. The van der Waals surface area contributed by atoms with Crippen molar-refractivity contribution in [3.8, 4) is 6.07 Å². The molecule has 0 unspecified atom stereocenters. The molecule has 1 aromatic carbocycles. The van der Waals surface area contributed by atoms with Crippen molar-refractivity contribution in [2.75, 3.05) is 13.1 Å². The quantitative estimate of drug-likeness (QED) is 0.409. The number of hydrogen-bond donors (Lipinski definition) is 3. The SMILES string of the molecule is CC(C)(c1ccccc1)[C@H](NC(=O)C(F)(F)F)C(=O)N1C[C@H]2[C@@H]([C@H]1C(=O)N[C@H](C#N)C[C@@H]1CCNC1=C=O)C2(C)C. The van der Waals surface area contributed by atoms with Gasteiger partial charge in [0.05, 0.1) is 11.8 Å². The van der Waals surface area contributed by atoms with Crippen LogP contribution in [-0.4, -0.2) is 66.0 Å². The van der Waals surface area contributed by atoms with E-state index < -0.39 is 47.4 Å². The van der Waals surface area contributed by atoms with Crippen LogP contribution in [0, 0.1) is 34.5 Å². The van der Waals surface area contributed by atoms with Crippen LogP contribution >= 0.6 is 0 Å². The van der Waals surface area contributed by atoms with Crippen LogP contribution in [0.25, 0.3) is 0 Å². The summed E-state index contributed by atoms with van der Waals surface area (Å²) in [4.78, 5) is 52.3. The first-order valence-electron chi connectivity index (χ1n) is 13.6. The molecule has 1 saturated carbocycles. The minimum atomic E-state index is -5.22. The molecule has 1 aliphatic carbocycles. The maximum Gasteiger partial charge on any atom is 0.471 e. The van der Waals surface area contributed by atoms with Crippen LogP contribution in [0.15, 0.2) is 36.0 Å². The Kier molecular flexibility index (Phi) is 7.98. The summed E-state index contributed by atoms with van der Waals surface area (Å²) in [6, 6.07) is 6.81. The van der Waals surface area contributed by atoms with Crippen LogP contribution in [0.5, 0.6) is 0 Å². The van der Waals surface area contributed by atoms with Crippen molar-refractivity contribution in [1.29, 1.82) is 5.26 Å². The number of likely N-dealkylation sites (tertiary alicyclic amines) is 1. The van der Waals surface area contributed by atoms with Crippen LogP contribution in [0.3, 0.4) is 0 Å². The van der Waals surface area contributed by atoms with Gasteiger partial charge in [0.1, 0.15) is 24.1 Å². The van der Waals surface area contributed by atoms with Gasteiger partial charge in [-0.25, -0.2) is 4.79 Å². The molecular formula is C29H34F3N5O4. The highest BCUT2D eigenvalue weighted by molar-refractivity contribution is 5.95. The van der Waals surface area contributed by atoms with Gasteiger partial charge in [0.15, 0.2) is 0 Å². The highest BCUT2D eigenvalue weighted by atomic mass is 19.4. The van der Waals surface area contributed by atoms with Crippen molar-refractivity contribution in [1.82, 2.24) is 20.9 Å². The number of nitrogens with one attached hydrogen (secondary N) is 3. The molecular weight excluding hydrogens is 539 g/mol. The first kappa shape index (κ1) is 30.1. The summed E-state index contributed by atoms with van der Waals surface area (Å²) < 4.78 is 40.1.